The SMILES string of the molecule is CC=CC(=O)OC1CCC(C2CCC(CCc3ccc(Br)cc3)CC2)CC1. The first-order valence-corrected chi connectivity index (χ1v) is 11.5. The van der Waals surface area contributed by atoms with Crippen molar-refractivity contribution in [3.8, 4) is 0 Å². The van der Waals surface area contributed by atoms with E-state index in [0.717, 1.165) is 35.1 Å². The summed E-state index contributed by atoms with van der Waals surface area (Å²) in [4.78, 5) is 11.6. The minimum absolute atomic E-state index is 0.146. The fraction of sp³-hybridized carbons (Fsp3) is 0.625. The van der Waals surface area contributed by atoms with Crippen molar-refractivity contribution >= 4 is 21.9 Å². The van der Waals surface area contributed by atoms with Gasteiger partial charge in [0.15, 0.2) is 0 Å². The van der Waals surface area contributed by atoms with Gasteiger partial charge in [0.1, 0.15) is 6.10 Å². The third-order valence-electron chi connectivity index (χ3n) is 6.62. The largest absolute Gasteiger partial charge is 0.459 e. The van der Waals surface area contributed by atoms with Crippen LogP contribution in [-0.4, -0.2) is 12.1 Å². The van der Waals surface area contributed by atoms with E-state index in [1.807, 2.05) is 6.92 Å². The third-order valence-corrected chi connectivity index (χ3v) is 7.15. The van der Waals surface area contributed by atoms with E-state index in [1.165, 1.54) is 63.0 Å². The van der Waals surface area contributed by atoms with Crippen molar-refractivity contribution in [3.63, 3.8) is 0 Å². The van der Waals surface area contributed by atoms with Gasteiger partial charge in [0.25, 0.3) is 0 Å². The number of hydrogen-bond donors (Lipinski definition) is 0. The first-order valence-electron chi connectivity index (χ1n) is 10.7. The van der Waals surface area contributed by atoms with Crippen molar-refractivity contribution in [1.29, 1.82) is 0 Å². The molecule has 148 valence electrons. The Bertz CT molecular complexity index is 606. The smallest absolute Gasteiger partial charge is 0.330 e. The lowest BCUT2D eigenvalue weighted by molar-refractivity contribution is -0.145. The molecule has 3 rings (SSSR count). The number of rotatable bonds is 6. The highest BCUT2D eigenvalue weighted by atomic mass is 79.9. The highest BCUT2D eigenvalue weighted by Crippen LogP contribution is 2.41. The van der Waals surface area contributed by atoms with Gasteiger partial charge in [0, 0.05) is 10.5 Å². The van der Waals surface area contributed by atoms with E-state index in [4.69, 9.17) is 4.74 Å². The standard InChI is InChI=1S/C24H33BrO2/c1-2-3-24(26)27-23-16-12-21(13-17-23)20-10-6-18(7-11-20)4-5-19-8-14-22(25)15-9-19/h2-3,8-9,14-15,18,20-21,23H,4-7,10-13,16-17H2,1H3. The van der Waals surface area contributed by atoms with E-state index in [0.29, 0.717) is 0 Å². The second-order valence-corrected chi connectivity index (χ2v) is 9.34. The molecule has 0 radical (unpaired) electrons. The lowest BCUT2D eigenvalue weighted by atomic mass is 9.70. The minimum Gasteiger partial charge on any atom is -0.459 e. The first-order chi connectivity index (χ1) is 13.1. The van der Waals surface area contributed by atoms with Crippen LogP contribution in [0.1, 0.15) is 70.3 Å². The topological polar surface area (TPSA) is 26.3 Å². The molecule has 0 aromatic heterocycles. The zero-order chi connectivity index (χ0) is 19.1. The molecule has 0 amide bonds. The van der Waals surface area contributed by atoms with Gasteiger partial charge in [0.2, 0.25) is 0 Å². The van der Waals surface area contributed by atoms with Gasteiger partial charge in [-0.3, -0.25) is 0 Å². The van der Waals surface area contributed by atoms with Gasteiger partial charge in [-0.15, -0.1) is 0 Å². The van der Waals surface area contributed by atoms with Gasteiger partial charge in [-0.25, -0.2) is 4.79 Å². The first kappa shape index (κ1) is 20.6. The van der Waals surface area contributed by atoms with Crippen molar-refractivity contribution < 1.29 is 9.53 Å². The summed E-state index contributed by atoms with van der Waals surface area (Å²) in [6.07, 6.45) is 16.2. The number of carbonyl (C=O) groups excluding carboxylic acids is 1. The number of benzene rings is 1. The van der Waals surface area contributed by atoms with Gasteiger partial charge in [-0.1, -0.05) is 47.0 Å². The molecular weight excluding hydrogens is 400 g/mol. The van der Waals surface area contributed by atoms with Crippen LogP contribution >= 0.6 is 15.9 Å². The van der Waals surface area contributed by atoms with E-state index in [9.17, 15) is 4.79 Å². The van der Waals surface area contributed by atoms with Crippen molar-refractivity contribution in [1.82, 2.24) is 0 Å². The molecule has 0 aliphatic heterocycles. The van der Waals surface area contributed by atoms with Crippen LogP contribution in [0.5, 0.6) is 0 Å². The van der Waals surface area contributed by atoms with E-state index < -0.39 is 0 Å². The Kier molecular flexibility index (Phi) is 7.99. The lowest BCUT2D eigenvalue weighted by Crippen LogP contribution is -2.29. The van der Waals surface area contributed by atoms with Crippen LogP contribution < -0.4 is 0 Å². The van der Waals surface area contributed by atoms with Gasteiger partial charge in [-0.2, -0.15) is 0 Å². The van der Waals surface area contributed by atoms with Gasteiger partial charge in [-0.05, 0) is 93.7 Å². The van der Waals surface area contributed by atoms with E-state index in [-0.39, 0.29) is 12.1 Å². The maximum absolute atomic E-state index is 11.6. The molecule has 2 fully saturated rings. The summed E-state index contributed by atoms with van der Waals surface area (Å²) in [6, 6.07) is 8.80. The Morgan fingerprint density at radius 2 is 1.59 bits per heavy atom. The zero-order valence-corrected chi connectivity index (χ0v) is 18.1. The Hall–Kier alpha value is -1.09. The average molecular weight is 433 g/mol. The quantitative estimate of drug-likeness (QED) is 0.362. The predicted molar refractivity (Wildman–Crippen MR) is 115 cm³/mol. The number of halogens is 1. The number of esters is 1. The minimum atomic E-state index is -0.174. The molecule has 2 saturated carbocycles. The molecule has 27 heavy (non-hydrogen) atoms. The van der Waals surface area contributed by atoms with Gasteiger partial charge in [0.05, 0.1) is 0 Å². The van der Waals surface area contributed by atoms with Crippen LogP contribution in [0.2, 0.25) is 0 Å². The maximum atomic E-state index is 11.6. The summed E-state index contributed by atoms with van der Waals surface area (Å²) < 4.78 is 6.70. The fourth-order valence-corrected chi connectivity index (χ4v) is 5.25. The van der Waals surface area contributed by atoms with Crippen LogP contribution in [0.4, 0.5) is 0 Å². The van der Waals surface area contributed by atoms with Crippen LogP contribution in [0.25, 0.3) is 0 Å². The molecule has 1 aromatic rings. The number of hydrogen-bond acceptors (Lipinski definition) is 2. The second kappa shape index (κ2) is 10.5. The summed E-state index contributed by atoms with van der Waals surface area (Å²) in [5.41, 5.74) is 1.46. The molecule has 0 saturated heterocycles. The fourth-order valence-electron chi connectivity index (χ4n) is 4.99. The highest BCUT2D eigenvalue weighted by Gasteiger charge is 2.31. The summed E-state index contributed by atoms with van der Waals surface area (Å²) >= 11 is 3.51. The molecule has 0 spiro atoms. The number of ether oxygens (including phenoxy) is 1. The Morgan fingerprint density at radius 3 is 2.19 bits per heavy atom. The van der Waals surface area contributed by atoms with E-state index in [1.54, 1.807) is 6.08 Å². The van der Waals surface area contributed by atoms with Crippen LogP contribution in [0.3, 0.4) is 0 Å². The monoisotopic (exact) mass is 432 g/mol. The lowest BCUT2D eigenvalue weighted by Gasteiger charge is -2.37. The summed E-state index contributed by atoms with van der Waals surface area (Å²) in [6.45, 7) is 1.85. The van der Waals surface area contributed by atoms with Crippen LogP contribution in [0, 0.1) is 17.8 Å². The van der Waals surface area contributed by atoms with Crippen LogP contribution in [0.15, 0.2) is 40.9 Å². The summed E-state index contributed by atoms with van der Waals surface area (Å²) in [5.74, 6) is 2.49. The Morgan fingerprint density at radius 1 is 1.00 bits per heavy atom. The molecule has 2 nitrogen and oxygen atoms in total. The van der Waals surface area contributed by atoms with Crippen molar-refractivity contribution in [3.05, 3.63) is 46.5 Å². The molecule has 3 heteroatoms. The second-order valence-electron chi connectivity index (χ2n) is 8.42. The third kappa shape index (κ3) is 6.48. The van der Waals surface area contributed by atoms with Crippen molar-refractivity contribution in [2.75, 3.05) is 0 Å². The summed E-state index contributed by atoms with van der Waals surface area (Å²) in [5, 5.41) is 0. The molecule has 0 bridgehead atoms. The van der Waals surface area contributed by atoms with E-state index >= 15 is 0 Å². The van der Waals surface area contributed by atoms with E-state index in [2.05, 4.69) is 40.2 Å². The Balaban J connectivity index is 1.35. The van der Waals surface area contributed by atoms with Gasteiger partial charge >= 0.3 is 5.97 Å². The normalized spacial score (nSPS) is 29.0. The molecule has 1 aromatic carbocycles. The Labute approximate surface area is 172 Å². The predicted octanol–water partition coefficient (Wildman–Crippen LogP) is 6.87. The summed E-state index contributed by atoms with van der Waals surface area (Å²) in [7, 11) is 0. The molecule has 0 atom stereocenters. The molecule has 2 aliphatic carbocycles. The van der Waals surface area contributed by atoms with Gasteiger partial charge < -0.3 is 4.74 Å². The zero-order valence-electron chi connectivity index (χ0n) is 16.5. The average Bonchev–Trinajstić information content (AvgIpc) is 2.69. The van der Waals surface area contributed by atoms with Crippen LogP contribution in [-0.2, 0) is 16.0 Å². The molecule has 0 N–H and O–H groups in total. The van der Waals surface area contributed by atoms with Crippen molar-refractivity contribution in [2.24, 2.45) is 17.8 Å². The number of carbonyl (C=O) groups is 1. The highest BCUT2D eigenvalue weighted by molar-refractivity contribution is 9.10. The van der Waals surface area contributed by atoms with Crippen molar-refractivity contribution in [2.45, 2.75) is 77.2 Å². The molecule has 0 unspecified atom stereocenters. The molecule has 0 heterocycles. The number of aryl methyl sites for hydroxylation is 1. The number of allylic oxidation sites excluding steroid dienone is 1. The maximum Gasteiger partial charge on any atom is 0.330 e. The molecule has 2 aliphatic rings. The molecular formula is C24H33BrO2.